The molecule has 9 rings (SSSR count). The van der Waals surface area contributed by atoms with Gasteiger partial charge in [0, 0.05) is 16.2 Å². The molecular weight excluding hydrogens is 599 g/mol. The van der Waals surface area contributed by atoms with Crippen LogP contribution in [0.3, 0.4) is 0 Å². The summed E-state index contributed by atoms with van der Waals surface area (Å²) in [6, 6.07) is 50.4. The lowest BCUT2D eigenvalue weighted by molar-refractivity contribution is -0.137. The highest BCUT2D eigenvalue weighted by molar-refractivity contribution is 6.20. The zero-order valence-electron chi connectivity index (χ0n) is 26.0. The standard InChI is InChI=1S/C44H28F3N/c1-27-10-2-4-13-32(27)35-17-9-19-41-43(35)36-15-6-7-18-40(36)48(41)42-25-30-11-3-5-14-34(30)38-24-29-12-8-16-33(37(29)26-39(38)42)28-20-22-31(23-21-28)44(45,46)47/h2-26H,1H3. The summed E-state index contributed by atoms with van der Waals surface area (Å²) in [5.41, 5.74) is 7.90. The molecule has 0 N–H and O–H groups in total. The summed E-state index contributed by atoms with van der Waals surface area (Å²) in [4.78, 5) is 0. The van der Waals surface area contributed by atoms with E-state index < -0.39 is 11.7 Å². The number of halogens is 3. The molecular formula is C44H28F3N. The summed E-state index contributed by atoms with van der Waals surface area (Å²) in [5, 5.41) is 8.90. The van der Waals surface area contributed by atoms with Crippen LogP contribution in [0.25, 0.3) is 82.1 Å². The third-order valence-corrected chi connectivity index (χ3v) is 9.73. The van der Waals surface area contributed by atoms with Crippen LogP contribution in [0.2, 0.25) is 0 Å². The van der Waals surface area contributed by atoms with Crippen molar-refractivity contribution in [3.8, 4) is 27.9 Å². The summed E-state index contributed by atoms with van der Waals surface area (Å²) >= 11 is 0. The topological polar surface area (TPSA) is 4.93 Å². The molecule has 0 fully saturated rings. The largest absolute Gasteiger partial charge is 0.416 e. The van der Waals surface area contributed by atoms with Gasteiger partial charge in [-0.15, -0.1) is 0 Å². The van der Waals surface area contributed by atoms with Crippen molar-refractivity contribution >= 4 is 54.1 Å². The minimum atomic E-state index is -4.38. The monoisotopic (exact) mass is 627 g/mol. The van der Waals surface area contributed by atoms with E-state index in [1.54, 1.807) is 12.1 Å². The first-order valence-electron chi connectivity index (χ1n) is 16.0. The van der Waals surface area contributed by atoms with Crippen LogP contribution in [0.5, 0.6) is 0 Å². The predicted octanol–water partition coefficient (Wildman–Crippen LogP) is 12.9. The van der Waals surface area contributed by atoms with Crippen LogP contribution in [-0.2, 0) is 6.18 Å². The number of aromatic nitrogens is 1. The second kappa shape index (κ2) is 10.6. The van der Waals surface area contributed by atoms with E-state index in [0.29, 0.717) is 0 Å². The summed E-state index contributed by atoms with van der Waals surface area (Å²) in [7, 11) is 0. The Morgan fingerprint density at radius 3 is 1.90 bits per heavy atom. The fraction of sp³-hybridized carbons (Fsp3) is 0.0455. The Morgan fingerprint density at radius 2 is 1.08 bits per heavy atom. The third kappa shape index (κ3) is 4.33. The lowest BCUT2D eigenvalue weighted by Gasteiger charge is -2.17. The maximum atomic E-state index is 13.4. The van der Waals surface area contributed by atoms with Crippen molar-refractivity contribution in [3.63, 3.8) is 0 Å². The quantitative estimate of drug-likeness (QED) is 0.136. The van der Waals surface area contributed by atoms with E-state index >= 15 is 0 Å². The minimum absolute atomic E-state index is 0.651. The maximum absolute atomic E-state index is 13.4. The molecule has 4 heteroatoms. The molecule has 230 valence electrons. The van der Waals surface area contributed by atoms with Crippen molar-refractivity contribution in [2.24, 2.45) is 0 Å². The second-order valence-corrected chi connectivity index (χ2v) is 12.5. The molecule has 1 aromatic heterocycles. The highest BCUT2D eigenvalue weighted by atomic mass is 19.4. The fourth-order valence-electron chi connectivity index (χ4n) is 7.51. The van der Waals surface area contributed by atoms with Gasteiger partial charge in [-0.3, -0.25) is 0 Å². The van der Waals surface area contributed by atoms with Gasteiger partial charge in [-0.2, -0.15) is 13.2 Å². The minimum Gasteiger partial charge on any atom is -0.309 e. The molecule has 0 aliphatic heterocycles. The van der Waals surface area contributed by atoms with E-state index in [1.165, 1.54) is 27.5 Å². The van der Waals surface area contributed by atoms with E-state index in [0.717, 1.165) is 72.3 Å². The molecule has 0 atom stereocenters. The van der Waals surface area contributed by atoms with Gasteiger partial charge in [-0.1, -0.05) is 109 Å². The van der Waals surface area contributed by atoms with Crippen LogP contribution < -0.4 is 0 Å². The van der Waals surface area contributed by atoms with Gasteiger partial charge < -0.3 is 4.57 Å². The van der Waals surface area contributed by atoms with Gasteiger partial charge in [0.15, 0.2) is 0 Å². The van der Waals surface area contributed by atoms with E-state index in [1.807, 2.05) is 12.1 Å². The van der Waals surface area contributed by atoms with Gasteiger partial charge in [0.05, 0.1) is 22.3 Å². The molecule has 0 spiro atoms. The molecule has 0 saturated heterocycles. The molecule has 0 saturated carbocycles. The molecule has 1 nitrogen and oxygen atoms in total. The van der Waals surface area contributed by atoms with Crippen LogP contribution in [0, 0.1) is 6.92 Å². The number of fused-ring (bicyclic) bond motifs is 7. The van der Waals surface area contributed by atoms with Gasteiger partial charge in [-0.05, 0) is 104 Å². The number of aryl methyl sites for hydroxylation is 1. The molecule has 8 aromatic carbocycles. The number of hydrogen-bond donors (Lipinski definition) is 0. The van der Waals surface area contributed by atoms with Crippen molar-refractivity contribution in [1.29, 1.82) is 0 Å². The van der Waals surface area contributed by atoms with E-state index in [2.05, 4.69) is 127 Å². The number of alkyl halides is 3. The molecule has 0 unspecified atom stereocenters. The van der Waals surface area contributed by atoms with E-state index in [9.17, 15) is 13.2 Å². The van der Waals surface area contributed by atoms with Crippen LogP contribution in [0.15, 0.2) is 152 Å². The average Bonchev–Trinajstić information content (AvgIpc) is 3.45. The summed E-state index contributed by atoms with van der Waals surface area (Å²) < 4.78 is 42.6. The van der Waals surface area contributed by atoms with E-state index in [-0.39, 0.29) is 0 Å². The van der Waals surface area contributed by atoms with Crippen molar-refractivity contribution in [2.45, 2.75) is 13.1 Å². The first-order valence-corrected chi connectivity index (χ1v) is 16.0. The van der Waals surface area contributed by atoms with Crippen molar-refractivity contribution < 1.29 is 13.2 Å². The lowest BCUT2D eigenvalue weighted by atomic mass is 9.92. The molecule has 0 aliphatic carbocycles. The summed E-state index contributed by atoms with van der Waals surface area (Å²) in [6.45, 7) is 2.16. The maximum Gasteiger partial charge on any atom is 0.416 e. The Labute approximate surface area is 275 Å². The second-order valence-electron chi connectivity index (χ2n) is 12.5. The van der Waals surface area contributed by atoms with Crippen LogP contribution in [0.1, 0.15) is 11.1 Å². The van der Waals surface area contributed by atoms with Gasteiger partial charge in [-0.25, -0.2) is 0 Å². The number of rotatable bonds is 3. The molecule has 0 aliphatic rings. The smallest absolute Gasteiger partial charge is 0.309 e. The van der Waals surface area contributed by atoms with Gasteiger partial charge in [0.25, 0.3) is 0 Å². The Bertz CT molecular complexity index is 2710. The molecule has 1 heterocycles. The average molecular weight is 628 g/mol. The third-order valence-electron chi connectivity index (χ3n) is 9.73. The lowest BCUT2D eigenvalue weighted by Crippen LogP contribution is -2.04. The highest BCUT2D eigenvalue weighted by Crippen LogP contribution is 2.43. The Morgan fingerprint density at radius 1 is 0.458 bits per heavy atom. The number of para-hydroxylation sites is 1. The van der Waals surface area contributed by atoms with Crippen molar-refractivity contribution in [2.75, 3.05) is 0 Å². The first kappa shape index (κ1) is 28.4. The molecule has 48 heavy (non-hydrogen) atoms. The summed E-state index contributed by atoms with van der Waals surface area (Å²) in [6.07, 6.45) is -4.38. The molecule has 0 radical (unpaired) electrons. The predicted molar refractivity (Wildman–Crippen MR) is 194 cm³/mol. The van der Waals surface area contributed by atoms with Gasteiger partial charge in [0.2, 0.25) is 0 Å². The fourth-order valence-corrected chi connectivity index (χ4v) is 7.51. The van der Waals surface area contributed by atoms with Crippen LogP contribution >= 0.6 is 0 Å². The molecule has 0 amide bonds. The van der Waals surface area contributed by atoms with Gasteiger partial charge >= 0.3 is 6.18 Å². The SMILES string of the molecule is Cc1ccccc1-c1cccc2c1c1ccccc1n2-c1cc2ccccc2c2cc3cccc(-c4ccc(C(F)(F)F)cc4)c3cc12. The van der Waals surface area contributed by atoms with Crippen LogP contribution in [0.4, 0.5) is 13.2 Å². The zero-order chi connectivity index (χ0) is 32.6. The highest BCUT2D eigenvalue weighted by Gasteiger charge is 2.30. The zero-order valence-corrected chi connectivity index (χ0v) is 26.0. The Hall–Kier alpha value is -5.87. The van der Waals surface area contributed by atoms with E-state index in [4.69, 9.17) is 0 Å². The Kier molecular flexibility index (Phi) is 6.25. The Balaban J connectivity index is 1.39. The van der Waals surface area contributed by atoms with Gasteiger partial charge in [0.1, 0.15) is 0 Å². The number of nitrogens with zero attached hydrogens (tertiary/aromatic N) is 1. The normalized spacial score (nSPS) is 12.2. The number of benzene rings is 8. The van der Waals surface area contributed by atoms with Crippen molar-refractivity contribution in [1.82, 2.24) is 4.57 Å². The number of hydrogen-bond acceptors (Lipinski definition) is 0. The van der Waals surface area contributed by atoms with Crippen molar-refractivity contribution in [3.05, 3.63) is 163 Å². The first-order chi connectivity index (χ1) is 23.4. The summed E-state index contributed by atoms with van der Waals surface area (Å²) in [5.74, 6) is 0. The molecule has 0 bridgehead atoms. The van der Waals surface area contributed by atoms with Crippen LogP contribution in [-0.4, -0.2) is 4.57 Å². The molecule has 9 aromatic rings.